The molecule has 0 bridgehead atoms. The molecule has 3 aromatic rings. The molecule has 1 N–H and O–H groups in total. The molecule has 0 radical (unpaired) electrons. The first kappa shape index (κ1) is 23.5. The summed E-state index contributed by atoms with van der Waals surface area (Å²) >= 11 is 0. The number of piperidine rings is 1. The zero-order chi connectivity index (χ0) is 24.4. The van der Waals surface area contributed by atoms with Crippen LogP contribution >= 0.6 is 0 Å². The Labute approximate surface area is 206 Å². The zero-order valence-corrected chi connectivity index (χ0v) is 20.6. The van der Waals surface area contributed by atoms with Crippen LogP contribution in [0, 0.1) is 0 Å². The van der Waals surface area contributed by atoms with Crippen molar-refractivity contribution in [2.45, 2.75) is 31.8 Å². The lowest BCUT2D eigenvalue weighted by Crippen LogP contribution is -2.57. The maximum atomic E-state index is 13.7. The maximum absolute atomic E-state index is 13.7. The third-order valence-corrected chi connectivity index (χ3v) is 7.54. The standard InChI is InChI=1S/C27H34N6O2/c1-20(26(34)32-17-15-31(16-18-32)23-8-13-30(2)14-9-23)33(24-6-10-28-11-7-24)27(35)22-4-3-21-5-12-29-25(21)19-22/h3-7,10-12,19-20,23,29H,8-9,13-18H2,1-2H3/t20-/m1/s1. The Morgan fingerprint density at radius 1 is 1.00 bits per heavy atom. The van der Waals surface area contributed by atoms with Gasteiger partial charge in [0.2, 0.25) is 5.91 Å². The molecule has 2 aliphatic heterocycles. The number of aromatic nitrogens is 2. The summed E-state index contributed by atoms with van der Waals surface area (Å²) in [5, 5.41) is 1.05. The van der Waals surface area contributed by atoms with Crippen LogP contribution in [0.25, 0.3) is 10.9 Å². The van der Waals surface area contributed by atoms with Gasteiger partial charge in [0, 0.05) is 67.6 Å². The van der Waals surface area contributed by atoms with Gasteiger partial charge >= 0.3 is 0 Å². The van der Waals surface area contributed by atoms with E-state index < -0.39 is 6.04 Å². The molecular weight excluding hydrogens is 440 g/mol. The molecule has 1 aromatic carbocycles. The van der Waals surface area contributed by atoms with Crippen LogP contribution in [0.3, 0.4) is 0 Å². The lowest BCUT2D eigenvalue weighted by molar-refractivity contribution is -0.134. The van der Waals surface area contributed by atoms with Crippen molar-refractivity contribution in [1.82, 2.24) is 24.7 Å². The quantitative estimate of drug-likeness (QED) is 0.616. The fraction of sp³-hybridized carbons (Fsp3) is 0.444. The van der Waals surface area contributed by atoms with Gasteiger partial charge in [-0.25, -0.2) is 0 Å². The van der Waals surface area contributed by atoms with Gasteiger partial charge < -0.3 is 14.8 Å². The molecule has 8 heteroatoms. The average molecular weight is 475 g/mol. The maximum Gasteiger partial charge on any atom is 0.259 e. The van der Waals surface area contributed by atoms with Crippen molar-refractivity contribution < 1.29 is 9.59 Å². The number of rotatable bonds is 5. The number of carbonyl (C=O) groups excluding carboxylic acids is 2. The van der Waals surface area contributed by atoms with E-state index in [1.165, 1.54) is 12.8 Å². The number of carbonyl (C=O) groups is 2. The highest BCUT2D eigenvalue weighted by molar-refractivity contribution is 6.11. The topological polar surface area (TPSA) is 75.8 Å². The molecule has 8 nitrogen and oxygen atoms in total. The molecule has 0 saturated carbocycles. The Morgan fingerprint density at radius 3 is 2.43 bits per heavy atom. The number of hydrogen-bond donors (Lipinski definition) is 1. The van der Waals surface area contributed by atoms with Crippen LogP contribution in [0.5, 0.6) is 0 Å². The van der Waals surface area contributed by atoms with E-state index >= 15 is 0 Å². The minimum atomic E-state index is -0.626. The predicted molar refractivity (Wildman–Crippen MR) is 137 cm³/mol. The van der Waals surface area contributed by atoms with Crippen molar-refractivity contribution in [3.63, 3.8) is 0 Å². The van der Waals surface area contributed by atoms with Gasteiger partial charge in [0.25, 0.3) is 5.91 Å². The van der Waals surface area contributed by atoms with Crippen LogP contribution in [-0.2, 0) is 4.79 Å². The van der Waals surface area contributed by atoms with Crippen molar-refractivity contribution in [3.05, 3.63) is 60.6 Å². The van der Waals surface area contributed by atoms with Crippen molar-refractivity contribution in [2.75, 3.05) is 51.2 Å². The minimum absolute atomic E-state index is 0.0147. The van der Waals surface area contributed by atoms with Crippen molar-refractivity contribution >= 4 is 28.4 Å². The highest BCUT2D eigenvalue weighted by Gasteiger charge is 2.34. The molecule has 1 atom stereocenters. The number of fused-ring (bicyclic) bond motifs is 1. The van der Waals surface area contributed by atoms with Gasteiger partial charge in [0.05, 0.1) is 0 Å². The Hall–Kier alpha value is -3.23. The smallest absolute Gasteiger partial charge is 0.259 e. The molecule has 2 aromatic heterocycles. The second-order valence-corrected chi connectivity index (χ2v) is 9.73. The SMILES string of the molecule is C[C@H](C(=O)N1CCN(C2CCN(C)CC2)CC1)N(C(=O)c1ccc2cc[nH]c2c1)c1ccncc1. The second-order valence-electron chi connectivity index (χ2n) is 9.73. The van der Waals surface area contributed by atoms with Crippen LogP contribution in [0.2, 0.25) is 0 Å². The predicted octanol–water partition coefficient (Wildman–Crippen LogP) is 2.84. The summed E-state index contributed by atoms with van der Waals surface area (Å²) in [6.07, 6.45) is 7.55. The van der Waals surface area contributed by atoms with Gasteiger partial charge in [-0.05, 0) is 75.6 Å². The molecular formula is C27H34N6O2. The molecule has 35 heavy (non-hydrogen) atoms. The third-order valence-electron chi connectivity index (χ3n) is 7.54. The summed E-state index contributed by atoms with van der Waals surface area (Å²) in [5.74, 6) is -0.211. The Morgan fingerprint density at radius 2 is 1.71 bits per heavy atom. The highest BCUT2D eigenvalue weighted by Crippen LogP contribution is 2.24. The number of benzene rings is 1. The summed E-state index contributed by atoms with van der Waals surface area (Å²) in [6.45, 7) is 7.27. The number of H-pyrrole nitrogens is 1. The fourth-order valence-corrected chi connectivity index (χ4v) is 5.38. The lowest BCUT2D eigenvalue weighted by Gasteiger charge is -2.43. The number of anilines is 1. The molecule has 184 valence electrons. The monoisotopic (exact) mass is 474 g/mol. The Kier molecular flexibility index (Phi) is 6.83. The van der Waals surface area contributed by atoms with Crippen molar-refractivity contribution in [1.29, 1.82) is 0 Å². The normalized spacial score (nSPS) is 19.1. The summed E-state index contributed by atoms with van der Waals surface area (Å²) in [5.41, 5.74) is 2.11. The largest absolute Gasteiger partial charge is 0.361 e. The van der Waals surface area contributed by atoms with Crippen LogP contribution in [0.1, 0.15) is 30.1 Å². The Bertz CT molecular complexity index is 1160. The Balaban J connectivity index is 1.31. The van der Waals surface area contributed by atoms with Crippen molar-refractivity contribution in [2.24, 2.45) is 0 Å². The molecule has 0 unspecified atom stereocenters. The van der Waals surface area contributed by atoms with E-state index in [9.17, 15) is 9.59 Å². The summed E-state index contributed by atoms with van der Waals surface area (Å²) in [7, 11) is 2.18. The van der Waals surface area contributed by atoms with Crippen LogP contribution in [0.15, 0.2) is 55.0 Å². The number of piperazine rings is 1. The van der Waals surface area contributed by atoms with Gasteiger partial charge in [-0.3, -0.25) is 24.4 Å². The number of nitrogens with one attached hydrogen (secondary N) is 1. The highest BCUT2D eigenvalue weighted by atomic mass is 16.2. The number of aromatic amines is 1. The van der Waals surface area contributed by atoms with E-state index in [4.69, 9.17) is 0 Å². The number of likely N-dealkylation sites (tertiary alicyclic amines) is 1. The molecule has 5 rings (SSSR count). The van der Waals surface area contributed by atoms with E-state index in [2.05, 4.69) is 26.8 Å². The number of amides is 2. The van der Waals surface area contributed by atoms with Crippen LogP contribution < -0.4 is 4.90 Å². The number of hydrogen-bond acceptors (Lipinski definition) is 5. The third kappa shape index (κ3) is 4.94. The van der Waals surface area contributed by atoms with Crippen LogP contribution in [-0.4, -0.2) is 94.9 Å². The van der Waals surface area contributed by atoms with Gasteiger partial charge in [-0.2, -0.15) is 0 Å². The molecule has 2 amide bonds. The van der Waals surface area contributed by atoms with Gasteiger partial charge in [-0.15, -0.1) is 0 Å². The summed E-state index contributed by atoms with van der Waals surface area (Å²) < 4.78 is 0. The molecule has 2 fully saturated rings. The van der Waals surface area contributed by atoms with Gasteiger partial charge in [-0.1, -0.05) is 6.07 Å². The minimum Gasteiger partial charge on any atom is -0.361 e. The van der Waals surface area contributed by atoms with E-state index in [-0.39, 0.29) is 11.8 Å². The molecule has 0 aliphatic carbocycles. The van der Waals surface area contributed by atoms with Crippen LogP contribution in [0.4, 0.5) is 5.69 Å². The second kappa shape index (κ2) is 10.2. The molecule has 0 spiro atoms. The lowest BCUT2D eigenvalue weighted by atomic mass is 10.0. The van der Waals surface area contributed by atoms with E-state index in [0.29, 0.717) is 30.4 Å². The first-order valence-corrected chi connectivity index (χ1v) is 12.5. The molecule has 2 saturated heterocycles. The van der Waals surface area contributed by atoms with Gasteiger partial charge in [0.1, 0.15) is 6.04 Å². The molecule has 4 heterocycles. The van der Waals surface area contributed by atoms with Crippen molar-refractivity contribution in [3.8, 4) is 0 Å². The number of nitrogens with zero attached hydrogens (tertiary/aromatic N) is 5. The first-order valence-electron chi connectivity index (χ1n) is 12.5. The first-order chi connectivity index (χ1) is 17.0. The van der Waals surface area contributed by atoms with Gasteiger partial charge in [0.15, 0.2) is 0 Å². The summed E-state index contributed by atoms with van der Waals surface area (Å²) in [4.78, 5) is 43.1. The van der Waals surface area contributed by atoms with E-state index in [1.54, 1.807) is 29.4 Å². The van der Waals surface area contributed by atoms with E-state index in [1.807, 2.05) is 42.3 Å². The number of pyridine rings is 1. The molecule has 2 aliphatic rings. The summed E-state index contributed by atoms with van der Waals surface area (Å²) in [6, 6.07) is 11.1. The fourth-order valence-electron chi connectivity index (χ4n) is 5.38. The van der Waals surface area contributed by atoms with E-state index in [0.717, 1.165) is 37.1 Å². The average Bonchev–Trinajstić information content (AvgIpc) is 3.37. The zero-order valence-electron chi connectivity index (χ0n) is 20.6.